The summed E-state index contributed by atoms with van der Waals surface area (Å²) >= 11 is 10.1. The second kappa shape index (κ2) is 5.21. The molecular weight excluding hydrogens is 358 g/mol. The first-order chi connectivity index (χ1) is 8.38. The minimum absolute atomic E-state index is 0.201. The molecule has 0 radical (unpaired) electrons. The third kappa shape index (κ3) is 3.06. The van der Waals surface area contributed by atoms with E-state index in [-0.39, 0.29) is 4.21 Å². The average Bonchev–Trinajstić information content (AvgIpc) is 2.71. The Labute approximate surface area is 123 Å². The van der Waals surface area contributed by atoms with Crippen molar-refractivity contribution in [1.82, 2.24) is 0 Å². The van der Waals surface area contributed by atoms with Gasteiger partial charge in [-0.2, -0.15) is 0 Å². The molecule has 0 saturated carbocycles. The maximum atomic E-state index is 12.1. The van der Waals surface area contributed by atoms with Crippen molar-refractivity contribution in [3.05, 3.63) is 44.7 Å². The van der Waals surface area contributed by atoms with Crippen molar-refractivity contribution in [2.75, 3.05) is 4.72 Å². The Bertz CT molecular complexity index is 682. The monoisotopic (exact) mass is 365 g/mol. The molecule has 2 aromatic rings. The molecular formula is C11H9BrClNO2S2. The summed E-state index contributed by atoms with van der Waals surface area (Å²) in [6.07, 6.45) is 0. The highest BCUT2D eigenvalue weighted by molar-refractivity contribution is 9.10. The van der Waals surface area contributed by atoms with E-state index in [4.69, 9.17) is 11.6 Å². The number of nitrogens with one attached hydrogen (secondary N) is 1. The van der Waals surface area contributed by atoms with Crippen LogP contribution < -0.4 is 4.72 Å². The van der Waals surface area contributed by atoms with E-state index < -0.39 is 10.0 Å². The summed E-state index contributed by atoms with van der Waals surface area (Å²) in [5, 5.41) is 0. The SMILES string of the molecule is Cc1ccc(Br)cc1NS(=O)(=O)c1ccc(Cl)s1. The lowest BCUT2D eigenvalue weighted by molar-refractivity contribution is 0.603. The summed E-state index contributed by atoms with van der Waals surface area (Å²) in [7, 11) is -3.57. The zero-order valence-electron chi connectivity index (χ0n) is 9.28. The third-order valence-electron chi connectivity index (χ3n) is 2.26. The van der Waals surface area contributed by atoms with Crippen LogP contribution in [0.1, 0.15) is 5.56 Å². The molecule has 0 aliphatic rings. The summed E-state index contributed by atoms with van der Waals surface area (Å²) in [6.45, 7) is 1.84. The smallest absolute Gasteiger partial charge is 0.271 e. The lowest BCUT2D eigenvalue weighted by Crippen LogP contribution is -2.12. The molecule has 0 aliphatic heterocycles. The van der Waals surface area contributed by atoms with Crippen molar-refractivity contribution in [2.45, 2.75) is 11.1 Å². The molecule has 0 unspecified atom stereocenters. The van der Waals surface area contributed by atoms with Crippen LogP contribution in [0.3, 0.4) is 0 Å². The van der Waals surface area contributed by atoms with Crippen molar-refractivity contribution < 1.29 is 8.42 Å². The normalized spacial score (nSPS) is 11.5. The predicted molar refractivity (Wildman–Crippen MR) is 79.0 cm³/mol. The Balaban J connectivity index is 2.36. The van der Waals surface area contributed by atoms with Crippen molar-refractivity contribution in [3.8, 4) is 0 Å². The lowest BCUT2D eigenvalue weighted by Gasteiger charge is -2.09. The standard InChI is InChI=1S/C11H9BrClNO2S2/c1-7-2-3-8(12)6-9(7)14-18(15,16)11-5-4-10(13)17-11/h2-6,14H,1H3. The molecule has 0 amide bonds. The van der Waals surface area contributed by atoms with E-state index in [0.29, 0.717) is 10.0 Å². The number of hydrogen-bond acceptors (Lipinski definition) is 3. The molecule has 1 heterocycles. The highest BCUT2D eigenvalue weighted by atomic mass is 79.9. The van der Waals surface area contributed by atoms with Gasteiger partial charge in [-0.3, -0.25) is 4.72 Å². The van der Waals surface area contributed by atoms with Gasteiger partial charge < -0.3 is 0 Å². The van der Waals surface area contributed by atoms with Gasteiger partial charge in [-0.1, -0.05) is 33.6 Å². The summed E-state index contributed by atoms with van der Waals surface area (Å²) in [4.78, 5) is 0. The second-order valence-corrected chi connectivity index (χ2v) is 8.16. The molecule has 0 aliphatic carbocycles. The minimum Gasteiger partial charge on any atom is -0.279 e. The van der Waals surface area contributed by atoms with Gasteiger partial charge >= 0.3 is 0 Å². The van der Waals surface area contributed by atoms with Crippen LogP contribution in [0.2, 0.25) is 4.34 Å². The Morgan fingerprint density at radius 1 is 1.28 bits per heavy atom. The number of aryl methyl sites for hydroxylation is 1. The first-order valence-electron chi connectivity index (χ1n) is 4.93. The molecule has 18 heavy (non-hydrogen) atoms. The van der Waals surface area contributed by atoms with E-state index in [1.807, 2.05) is 19.1 Å². The Hall–Kier alpha value is -0.560. The van der Waals surface area contributed by atoms with Crippen LogP contribution in [0.4, 0.5) is 5.69 Å². The molecule has 0 fully saturated rings. The van der Waals surface area contributed by atoms with Gasteiger partial charge in [0, 0.05) is 4.47 Å². The number of sulfonamides is 1. The molecule has 3 nitrogen and oxygen atoms in total. The summed E-state index contributed by atoms with van der Waals surface area (Å²) in [5.41, 5.74) is 1.40. The number of thiophene rings is 1. The molecule has 0 atom stereocenters. The molecule has 0 spiro atoms. The zero-order chi connectivity index (χ0) is 13.3. The van der Waals surface area contributed by atoms with Crippen LogP contribution in [0.25, 0.3) is 0 Å². The summed E-state index contributed by atoms with van der Waals surface area (Å²) in [6, 6.07) is 8.47. The van der Waals surface area contributed by atoms with Gasteiger partial charge in [-0.05, 0) is 36.8 Å². The minimum atomic E-state index is -3.57. The van der Waals surface area contributed by atoms with Crippen LogP contribution in [0.15, 0.2) is 39.0 Å². The predicted octanol–water partition coefficient (Wildman–Crippen LogP) is 4.27. The molecule has 1 aromatic carbocycles. The van der Waals surface area contributed by atoms with Crippen LogP contribution in [0, 0.1) is 6.92 Å². The van der Waals surface area contributed by atoms with Gasteiger partial charge in [0.2, 0.25) is 0 Å². The van der Waals surface area contributed by atoms with Crippen molar-refractivity contribution in [2.24, 2.45) is 0 Å². The van der Waals surface area contributed by atoms with Crippen molar-refractivity contribution >= 4 is 54.6 Å². The quantitative estimate of drug-likeness (QED) is 0.881. The molecule has 2 rings (SSSR count). The average molecular weight is 367 g/mol. The number of anilines is 1. The molecule has 0 bridgehead atoms. The maximum absolute atomic E-state index is 12.1. The third-order valence-corrected chi connectivity index (χ3v) is 5.84. The van der Waals surface area contributed by atoms with E-state index in [1.54, 1.807) is 12.1 Å². The first kappa shape index (κ1) is 13.9. The van der Waals surface area contributed by atoms with E-state index >= 15 is 0 Å². The van der Waals surface area contributed by atoms with Crippen LogP contribution >= 0.6 is 38.9 Å². The van der Waals surface area contributed by atoms with Crippen LogP contribution in [-0.2, 0) is 10.0 Å². The van der Waals surface area contributed by atoms with Gasteiger partial charge in [-0.25, -0.2) is 8.42 Å². The van der Waals surface area contributed by atoms with Gasteiger partial charge in [-0.15, -0.1) is 11.3 Å². The fraction of sp³-hybridized carbons (Fsp3) is 0.0909. The van der Waals surface area contributed by atoms with E-state index in [9.17, 15) is 8.42 Å². The summed E-state index contributed by atoms with van der Waals surface area (Å²) < 4.78 is 28.2. The largest absolute Gasteiger partial charge is 0.279 e. The molecule has 0 saturated heterocycles. The van der Waals surface area contributed by atoms with Crippen molar-refractivity contribution in [3.63, 3.8) is 0 Å². The first-order valence-corrected chi connectivity index (χ1v) is 8.40. The van der Waals surface area contributed by atoms with E-state index in [2.05, 4.69) is 20.7 Å². The molecule has 1 aromatic heterocycles. The van der Waals surface area contributed by atoms with E-state index in [1.165, 1.54) is 6.07 Å². The van der Waals surface area contributed by atoms with Gasteiger partial charge in [0.15, 0.2) is 0 Å². The highest BCUT2D eigenvalue weighted by Crippen LogP contribution is 2.29. The van der Waals surface area contributed by atoms with Gasteiger partial charge in [0.05, 0.1) is 10.0 Å². The number of halogens is 2. The summed E-state index contributed by atoms with van der Waals surface area (Å²) in [5.74, 6) is 0. The van der Waals surface area contributed by atoms with Gasteiger partial charge in [0.25, 0.3) is 10.0 Å². The van der Waals surface area contributed by atoms with E-state index in [0.717, 1.165) is 21.4 Å². The number of hydrogen-bond donors (Lipinski definition) is 1. The Morgan fingerprint density at radius 3 is 2.61 bits per heavy atom. The Kier molecular flexibility index (Phi) is 4.01. The maximum Gasteiger partial charge on any atom is 0.271 e. The Morgan fingerprint density at radius 2 is 2.00 bits per heavy atom. The number of rotatable bonds is 3. The molecule has 96 valence electrons. The highest BCUT2D eigenvalue weighted by Gasteiger charge is 2.17. The van der Waals surface area contributed by atoms with Gasteiger partial charge in [0.1, 0.15) is 4.21 Å². The fourth-order valence-corrected chi connectivity index (χ4v) is 4.31. The number of benzene rings is 1. The van der Waals surface area contributed by atoms with Crippen LogP contribution in [-0.4, -0.2) is 8.42 Å². The fourth-order valence-electron chi connectivity index (χ4n) is 1.34. The van der Waals surface area contributed by atoms with Crippen molar-refractivity contribution in [1.29, 1.82) is 0 Å². The molecule has 1 N–H and O–H groups in total. The topological polar surface area (TPSA) is 46.2 Å². The lowest BCUT2D eigenvalue weighted by atomic mass is 10.2. The second-order valence-electron chi connectivity index (χ2n) is 3.62. The zero-order valence-corrected chi connectivity index (χ0v) is 13.3. The van der Waals surface area contributed by atoms with Crippen LogP contribution in [0.5, 0.6) is 0 Å². The molecule has 7 heteroatoms.